The van der Waals surface area contributed by atoms with Gasteiger partial charge in [0.25, 0.3) is 0 Å². The lowest BCUT2D eigenvalue weighted by molar-refractivity contribution is 0.562. The highest BCUT2D eigenvalue weighted by atomic mass is 16.1. The number of hydrogen-bond donors (Lipinski definition) is 0. The van der Waals surface area contributed by atoms with Gasteiger partial charge in [-0.3, -0.25) is 0 Å². The first-order chi connectivity index (χ1) is 6.36. The molecule has 1 aromatic carbocycles. The summed E-state index contributed by atoms with van der Waals surface area (Å²) in [4.78, 5) is 26.6. The van der Waals surface area contributed by atoms with Gasteiger partial charge < -0.3 is 0 Å². The Hall–Kier alpha value is -2.02. The smallest absolute Gasteiger partial charge is 0.211 e. The molecule has 0 fully saturated rings. The fraction of sp³-hybridized carbons (Fsp3) is 0.111. The first-order valence-corrected chi connectivity index (χ1v) is 3.57. The van der Waals surface area contributed by atoms with Crippen LogP contribution in [0.5, 0.6) is 0 Å². The molecule has 64 valence electrons. The highest BCUT2D eigenvalue weighted by molar-refractivity contribution is 5.49. The first kappa shape index (κ1) is 9.07. The third-order valence-corrected chi connectivity index (χ3v) is 1.41. The summed E-state index contributed by atoms with van der Waals surface area (Å²) >= 11 is 0. The average Bonchev–Trinajstić information content (AvgIpc) is 2.16. The van der Waals surface area contributed by atoms with Crippen LogP contribution >= 0.6 is 0 Å². The monoisotopic (exact) mass is 174 g/mol. The van der Waals surface area contributed by atoms with Crippen molar-refractivity contribution in [2.45, 2.75) is 6.54 Å². The molecule has 0 bridgehead atoms. The first-order valence-electron chi connectivity index (χ1n) is 3.57. The molecule has 0 aromatic heterocycles. The zero-order valence-corrected chi connectivity index (χ0v) is 6.73. The molecule has 0 saturated carbocycles. The maximum Gasteiger partial charge on any atom is 0.240 e. The second-order valence-electron chi connectivity index (χ2n) is 2.28. The van der Waals surface area contributed by atoms with Gasteiger partial charge in [0.05, 0.1) is 12.2 Å². The van der Waals surface area contributed by atoms with Gasteiger partial charge in [0, 0.05) is 0 Å². The van der Waals surface area contributed by atoms with E-state index in [1.54, 1.807) is 24.3 Å². The number of nitrogens with zero attached hydrogens (tertiary/aromatic N) is 2. The molecule has 0 radical (unpaired) electrons. The van der Waals surface area contributed by atoms with Crippen LogP contribution in [0, 0.1) is 0 Å². The van der Waals surface area contributed by atoms with Crippen LogP contribution < -0.4 is 0 Å². The van der Waals surface area contributed by atoms with Gasteiger partial charge in [-0.1, -0.05) is 12.1 Å². The van der Waals surface area contributed by atoms with Crippen LogP contribution in [-0.4, -0.2) is 12.2 Å². The maximum absolute atomic E-state index is 9.92. The number of rotatable bonds is 3. The third kappa shape index (κ3) is 2.83. The number of isocyanates is 2. The van der Waals surface area contributed by atoms with Crippen molar-refractivity contribution in [3.05, 3.63) is 29.8 Å². The van der Waals surface area contributed by atoms with Crippen molar-refractivity contribution in [3.63, 3.8) is 0 Å². The molecule has 0 heterocycles. The summed E-state index contributed by atoms with van der Waals surface area (Å²) < 4.78 is 0. The molecule has 0 atom stereocenters. The van der Waals surface area contributed by atoms with Gasteiger partial charge in [0.2, 0.25) is 12.2 Å². The number of hydrogen-bond acceptors (Lipinski definition) is 4. The molecular weight excluding hydrogens is 168 g/mol. The predicted octanol–water partition coefficient (Wildman–Crippen LogP) is 1.49. The molecule has 1 aromatic rings. The Morgan fingerprint density at radius 1 is 1.23 bits per heavy atom. The lowest BCUT2D eigenvalue weighted by Gasteiger charge is -1.94. The van der Waals surface area contributed by atoms with E-state index in [1.807, 2.05) is 0 Å². The van der Waals surface area contributed by atoms with E-state index in [9.17, 15) is 9.59 Å². The third-order valence-electron chi connectivity index (χ3n) is 1.41. The van der Waals surface area contributed by atoms with E-state index < -0.39 is 0 Å². The minimum atomic E-state index is 0.256. The highest BCUT2D eigenvalue weighted by Gasteiger charge is 1.92. The molecule has 0 spiro atoms. The molecule has 0 N–H and O–H groups in total. The van der Waals surface area contributed by atoms with Crippen LogP contribution in [0.1, 0.15) is 5.56 Å². The van der Waals surface area contributed by atoms with Crippen molar-refractivity contribution in [1.29, 1.82) is 0 Å². The Kier molecular flexibility index (Phi) is 3.33. The summed E-state index contributed by atoms with van der Waals surface area (Å²) in [6.07, 6.45) is 2.87. The molecule has 0 unspecified atom stereocenters. The minimum absolute atomic E-state index is 0.256. The molecule has 0 aliphatic heterocycles. The topological polar surface area (TPSA) is 58.9 Å². The summed E-state index contributed by atoms with van der Waals surface area (Å²) in [5.41, 5.74) is 1.31. The summed E-state index contributed by atoms with van der Waals surface area (Å²) in [5, 5.41) is 0. The van der Waals surface area contributed by atoms with E-state index in [0.717, 1.165) is 5.56 Å². The molecular formula is C9H6N2O2. The Labute approximate surface area is 74.6 Å². The lowest BCUT2D eigenvalue weighted by Crippen LogP contribution is -1.79. The zero-order chi connectivity index (χ0) is 9.52. The molecule has 1 rings (SSSR count). The second kappa shape index (κ2) is 4.78. The molecule has 4 heteroatoms. The second-order valence-corrected chi connectivity index (χ2v) is 2.28. The summed E-state index contributed by atoms with van der Waals surface area (Å²) in [7, 11) is 0. The summed E-state index contributed by atoms with van der Waals surface area (Å²) in [6, 6.07) is 6.83. The van der Waals surface area contributed by atoms with Gasteiger partial charge in [-0.25, -0.2) is 14.6 Å². The Bertz CT molecular complexity index is 388. The number of benzene rings is 1. The zero-order valence-electron chi connectivity index (χ0n) is 6.73. The van der Waals surface area contributed by atoms with Gasteiger partial charge in [-0.2, -0.15) is 4.99 Å². The van der Waals surface area contributed by atoms with Crippen molar-refractivity contribution >= 4 is 17.8 Å². The van der Waals surface area contributed by atoms with E-state index in [2.05, 4.69) is 9.98 Å². The van der Waals surface area contributed by atoms with E-state index in [1.165, 1.54) is 12.2 Å². The van der Waals surface area contributed by atoms with Crippen molar-refractivity contribution in [2.24, 2.45) is 9.98 Å². The van der Waals surface area contributed by atoms with Crippen LogP contribution in [0.25, 0.3) is 0 Å². The summed E-state index contributed by atoms with van der Waals surface area (Å²) in [5.74, 6) is 0. The van der Waals surface area contributed by atoms with E-state index >= 15 is 0 Å². The molecule has 0 aliphatic carbocycles. The maximum atomic E-state index is 9.92. The molecule has 0 saturated heterocycles. The minimum Gasteiger partial charge on any atom is -0.211 e. The van der Waals surface area contributed by atoms with Gasteiger partial charge in [0.1, 0.15) is 0 Å². The van der Waals surface area contributed by atoms with Crippen molar-refractivity contribution in [1.82, 2.24) is 0 Å². The molecule has 13 heavy (non-hydrogen) atoms. The average molecular weight is 174 g/mol. The highest BCUT2D eigenvalue weighted by Crippen LogP contribution is 2.13. The molecule has 0 aliphatic rings. The predicted molar refractivity (Wildman–Crippen MR) is 46.0 cm³/mol. The SMILES string of the molecule is O=C=NCc1cccc(N=C=O)c1. The van der Waals surface area contributed by atoms with Gasteiger partial charge in [-0.15, -0.1) is 0 Å². The standard InChI is InChI=1S/C9H6N2O2/c12-6-10-5-8-2-1-3-9(4-8)11-7-13/h1-4H,5H2. The van der Waals surface area contributed by atoms with Crippen molar-refractivity contribution < 1.29 is 9.59 Å². The van der Waals surface area contributed by atoms with Crippen LogP contribution in [0.4, 0.5) is 5.69 Å². The number of carbonyl (C=O) groups excluding carboxylic acids is 2. The van der Waals surface area contributed by atoms with Crippen molar-refractivity contribution in [2.75, 3.05) is 0 Å². The van der Waals surface area contributed by atoms with Crippen LogP contribution in [0.2, 0.25) is 0 Å². The fourth-order valence-corrected chi connectivity index (χ4v) is 0.901. The Morgan fingerprint density at radius 3 is 2.77 bits per heavy atom. The normalized spacial score (nSPS) is 8.31. The van der Waals surface area contributed by atoms with Gasteiger partial charge >= 0.3 is 0 Å². The van der Waals surface area contributed by atoms with Crippen LogP contribution in [-0.2, 0) is 16.1 Å². The lowest BCUT2D eigenvalue weighted by atomic mass is 10.2. The Morgan fingerprint density at radius 2 is 2.08 bits per heavy atom. The van der Waals surface area contributed by atoms with Crippen LogP contribution in [0.15, 0.2) is 34.3 Å². The van der Waals surface area contributed by atoms with Gasteiger partial charge in [0.15, 0.2) is 0 Å². The molecule has 4 nitrogen and oxygen atoms in total. The number of aliphatic imine (C=N–C) groups is 2. The Balaban J connectivity index is 2.90. The quantitative estimate of drug-likeness (QED) is 0.514. The van der Waals surface area contributed by atoms with E-state index in [-0.39, 0.29) is 6.54 Å². The largest absolute Gasteiger partial charge is 0.240 e. The summed E-state index contributed by atoms with van der Waals surface area (Å²) in [6.45, 7) is 0.256. The van der Waals surface area contributed by atoms with Crippen molar-refractivity contribution in [3.8, 4) is 0 Å². The molecule has 0 amide bonds. The van der Waals surface area contributed by atoms with Gasteiger partial charge in [-0.05, 0) is 17.7 Å². The van der Waals surface area contributed by atoms with E-state index in [4.69, 9.17) is 0 Å². The van der Waals surface area contributed by atoms with Crippen LogP contribution in [0.3, 0.4) is 0 Å². The fourth-order valence-electron chi connectivity index (χ4n) is 0.901. The van der Waals surface area contributed by atoms with E-state index in [0.29, 0.717) is 5.69 Å².